The number of hydrogen-bond donors (Lipinski definition) is 0. The van der Waals surface area contributed by atoms with E-state index in [0.717, 1.165) is 38.8 Å². The number of hydrogen-bond acceptors (Lipinski definition) is 2. The summed E-state index contributed by atoms with van der Waals surface area (Å²) >= 11 is 0. The highest BCUT2D eigenvalue weighted by molar-refractivity contribution is 6.23. The lowest BCUT2D eigenvalue weighted by Crippen LogP contribution is -2.24. The maximum atomic E-state index is 2.54. The van der Waals surface area contributed by atoms with Gasteiger partial charge in [-0.15, -0.1) is 0 Å². The molecule has 0 saturated heterocycles. The standard InChI is InChI=1S/C54H42N2/c1-3-13-37(14-4-1)41-23-24-43-34-44(26-25-42(43)33-41)54-48-30-28-45(55-31-11-19-38-15-7-9-21-51(38)55)35-49(48)53(40-17-5-2-6-18-40)47-29-27-46(36-50(47)54)56-32-12-20-39-16-8-10-22-52(39)56/h1-10,13-18,21-30,33-36H,11-12,19-20,31-32H2. The SMILES string of the molecule is c1ccc(-c2ccc3cc(-c4c5ccc(N6CCCc7ccccc76)cc5c(-c5ccccc5)c5ccc(N6CCCc7ccccc76)cc45)ccc3c2)cc1. The van der Waals surface area contributed by atoms with Gasteiger partial charge in [0, 0.05) is 35.8 Å². The molecule has 11 rings (SSSR count). The molecule has 2 heterocycles. The summed E-state index contributed by atoms with van der Waals surface area (Å²) in [7, 11) is 0. The van der Waals surface area contributed by atoms with E-state index in [1.165, 1.54) is 99.6 Å². The van der Waals surface area contributed by atoms with Crippen LogP contribution in [0.1, 0.15) is 24.0 Å². The van der Waals surface area contributed by atoms with Crippen LogP contribution < -0.4 is 9.80 Å². The Bertz CT molecular complexity index is 2930. The van der Waals surface area contributed by atoms with Gasteiger partial charge in [0.05, 0.1) is 0 Å². The molecule has 2 nitrogen and oxygen atoms in total. The van der Waals surface area contributed by atoms with Crippen molar-refractivity contribution in [3.63, 3.8) is 0 Å². The minimum Gasteiger partial charge on any atom is -0.341 e. The van der Waals surface area contributed by atoms with E-state index < -0.39 is 0 Å². The minimum atomic E-state index is 1.01. The van der Waals surface area contributed by atoms with Crippen LogP contribution in [0.5, 0.6) is 0 Å². The number of aryl methyl sites for hydroxylation is 2. The highest BCUT2D eigenvalue weighted by Crippen LogP contribution is 2.48. The zero-order valence-electron chi connectivity index (χ0n) is 31.5. The molecule has 0 fully saturated rings. The Morgan fingerprint density at radius 2 is 0.786 bits per heavy atom. The molecule has 0 N–H and O–H groups in total. The van der Waals surface area contributed by atoms with Gasteiger partial charge in [0.2, 0.25) is 0 Å². The molecule has 268 valence electrons. The lowest BCUT2D eigenvalue weighted by atomic mass is 9.84. The Morgan fingerprint density at radius 3 is 1.36 bits per heavy atom. The lowest BCUT2D eigenvalue weighted by Gasteiger charge is -2.32. The summed E-state index contributed by atoms with van der Waals surface area (Å²) in [5.74, 6) is 0. The van der Waals surface area contributed by atoms with Gasteiger partial charge in [-0.1, -0.05) is 133 Å². The van der Waals surface area contributed by atoms with Crippen LogP contribution in [0.15, 0.2) is 182 Å². The smallest absolute Gasteiger partial charge is 0.0443 e. The minimum absolute atomic E-state index is 1.01. The molecule has 9 aromatic rings. The van der Waals surface area contributed by atoms with E-state index in [4.69, 9.17) is 0 Å². The van der Waals surface area contributed by atoms with Crippen molar-refractivity contribution in [2.75, 3.05) is 22.9 Å². The molecule has 0 aliphatic carbocycles. The van der Waals surface area contributed by atoms with Gasteiger partial charge in [0.15, 0.2) is 0 Å². The Morgan fingerprint density at radius 1 is 0.321 bits per heavy atom. The van der Waals surface area contributed by atoms with Crippen LogP contribution in [0.3, 0.4) is 0 Å². The monoisotopic (exact) mass is 718 g/mol. The van der Waals surface area contributed by atoms with Gasteiger partial charge in [0.1, 0.15) is 0 Å². The zero-order chi connectivity index (χ0) is 37.0. The van der Waals surface area contributed by atoms with E-state index in [0.29, 0.717) is 0 Å². The van der Waals surface area contributed by atoms with Gasteiger partial charge >= 0.3 is 0 Å². The van der Waals surface area contributed by atoms with Crippen LogP contribution in [0.25, 0.3) is 65.7 Å². The summed E-state index contributed by atoms with van der Waals surface area (Å²) in [4.78, 5) is 5.07. The van der Waals surface area contributed by atoms with Crippen molar-refractivity contribution in [3.8, 4) is 33.4 Å². The number of rotatable bonds is 5. The fraction of sp³-hybridized carbons (Fsp3) is 0.111. The van der Waals surface area contributed by atoms with E-state index in [1.54, 1.807) is 0 Å². The van der Waals surface area contributed by atoms with Crippen molar-refractivity contribution in [2.45, 2.75) is 25.7 Å². The average Bonchev–Trinajstić information content (AvgIpc) is 3.27. The molecule has 56 heavy (non-hydrogen) atoms. The average molecular weight is 719 g/mol. The fourth-order valence-corrected chi connectivity index (χ4v) is 9.58. The third-order valence-corrected chi connectivity index (χ3v) is 12.2. The Labute approximate surface area is 328 Å². The second-order valence-electron chi connectivity index (χ2n) is 15.5. The predicted octanol–water partition coefficient (Wildman–Crippen LogP) is 14.3. The first-order valence-corrected chi connectivity index (χ1v) is 20.2. The van der Waals surface area contributed by atoms with Crippen LogP contribution in [-0.2, 0) is 12.8 Å². The Balaban J connectivity index is 1.18. The van der Waals surface area contributed by atoms with Crippen LogP contribution >= 0.6 is 0 Å². The first-order valence-electron chi connectivity index (χ1n) is 20.2. The number of nitrogens with zero attached hydrogens (tertiary/aromatic N) is 2. The second kappa shape index (κ2) is 13.6. The molecular weight excluding hydrogens is 677 g/mol. The second-order valence-corrected chi connectivity index (χ2v) is 15.5. The van der Waals surface area contributed by atoms with Crippen molar-refractivity contribution in [3.05, 3.63) is 193 Å². The fourth-order valence-electron chi connectivity index (χ4n) is 9.58. The van der Waals surface area contributed by atoms with Crippen molar-refractivity contribution >= 4 is 55.1 Å². The van der Waals surface area contributed by atoms with Crippen LogP contribution in [0.2, 0.25) is 0 Å². The summed E-state index contributed by atoms with van der Waals surface area (Å²) in [6.45, 7) is 2.03. The Kier molecular flexibility index (Phi) is 7.95. The summed E-state index contributed by atoms with van der Waals surface area (Å²) in [5, 5.41) is 7.63. The molecular formula is C54H42N2. The molecule has 0 atom stereocenters. The normalized spacial score (nSPS) is 13.9. The summed E-state index contributed by atoms with van der Waals surface area (Å²) < 4.78 is 0. The van der Waals surface area contributed by atoms with Gasteiger partial charge in [-0.2, -0.15) is 0 Å². The quantitative estimate of drug-likeness (QED) is 0.164. The first kappa shape index (κ1) is 32.8. The van der Waals surface area contributed by atoms with Gasteiger partial charge in [-0.05, 0) is 151 Å². The van der Waals surface area contributed by atoms with E-state index in [9.17, 15) is 0 Å². The van der Waals surface area contributed by atoms with E-state index in [-0.39, 0.29) is 0 Å². The van der Waals surface area contributed by atoms with Gasteiger partial charge < -0.3 is 9.80 Å². The molecule has 0 saturated carbocycles. The number of anilines is 4. The number of fused-ring (bicyclic) bond motifs is 5. The van der Waals surface area contributed by atoms with Crippen molar-refractivity contribution in [1.82, 2.24) is 0 Å². The largest absolute Gasteiger partial charge is 0.341 e. The molecule has 0 amide bonds. The van der Waals surface area contributed by atoms with Crippen LogP contribution in [0, 0.1) is 0 Å². The molecule has 2 aliphatic rings. The third kappa shape index (κ3) is 5.56. The summed E-state index contributed by atoms with van der Waals surface area (Å²) in [6.07, 6.45) is 4.55. The molecule has 9 aromatic carbocycles. The number of para-hydroxylation sites is 2. The topological polar surface area (TPSA) is 6.48 Å². The van der Waals surface area contributed by atoms with Gasteiger partial charge in [-0.3, -0.25) is 0 Å². The molecule has 0 aromatic heterocycles. The van der Waals surface area contributed by atoms with Crippen LogP contribution in [-0.4, -0.2) is 13.1 Å². The van der Waals surface area contributed by atoms with E-state index in [2.05, 4.69) is 192 Å². The highest BCUT2D eigenvalue weighted by Gasteiger charge is 2.24. The molecule has 2 aliphatic heterocycles. The van der Waals surface area contributed by atoms with Gasteiger partial charge in [0.25, 0.3) is 0 Å². The van der Waals surface area contributed by atoms with Crippen LogP contribution in [0.4, 0.5) is 22.7 Å². The van der Waals surface area contributed by atoms with Crippen molar-refractivity contribution in [1.29, 1.82) is 0 Å². The Hall–Kier alpha value is -6.64. The molecule has 0 spiro atoms. The lowest BCUT2D eigenvalue weighted by molar-refractivity contribution is 0.767. The van der Waals surface area contributed by atoms with E-state index in [1.807, 2.05) is 0 Å². The third-order valence-electron chi connectivity index (χ3n) is 12.2. The highest BCUT2D eigenvalue weighted by atomic mass is 15.1. The van der Waals surface area contributed by atoms with Crippen molar-refractivity contribution < 1.29 is 0 Å². The molecule has 0 radical (unpaired) electrons. The molecule has 0 bridgehead atoms. The zero-order valence-corrected chi connectivity index (χ0v) is 31.5. The molecule has 2 heteroatoms. The predicted molar refractivity (Wildman–Crippen MR) is 239 cm³/mol. The van der Waals surface area contributed by atoms with Crippen molar-refractivity contribution in [2.24, 2.45) is 0 Å². The number of benzene rings is 9. The maximum Gasteiger partial charge on any atom is 0.0443 e. The summed E-state index contributed by atoms with van der Waals surface area (Å²) in [5.41, 5.74) is 15.6. The molecule has 0 unspecified atom stereocenters. The van der Waals surface area contributed by atoms with Gasteiger partial charge in [-0.25, -0.2) is 0 Å². The maximum absolute atomic E-state index is 2.54. The first-order chi connectivity index (χ1) is 27.8. The van der Waals surface area contributed by atoms with E-state index >= 15 is 0 Å². The summed E-state index contributed by atoms with van der Waals surface area (Å²) in [6, 6.07) is 68.1.